The molecule has 0 aromatic heterocycles. The third-order valence-electron chi connectivity index (χ3n) is 4.09. The first-order valence-electron chi connectivity index (χ1n) is 8.38. The summed E-state index contributed by atoms with van der Waals surface area (Å²) >= 11 is 24.4. The smallest absolute Gasteiger partial charge is 0.323 e. The summed E-state index contributed by atoms with van der Waals surface area (Å²) in [7, 11) is 0. The maximum atomic E-state index is 12.2. The lowest BCUT2D eigenvalue weighted by atomic mass is 10.2. The van der Waals surface area contributed by atoms with Crippen LogP contribution < -0.4 is 21.3 Å². The molecule has 0 saturated heterocycles. The van der Waals surface area contributed by atoms with E-state index in [1.54, 1.807) is 48.5 Å². The van der Waals surface area contributed by atoms with Gasteiger partial charge in [0, 0.05) is 10.0 Å². The van der Waals surface area contributed by atoms with Crippen LogP contribution in [-0.2, 0) is 0 Å². The Morgan fingerprint density at radius 1 is 0.633 bits per heavy atom. The summed E-state index contributed by atoms with van der Waals surface area (Å²) in [6.07, 6.45) is 0. The Morgan fingerprint density at radius 2 is 1.03 bits per heavy atom. The number of hydrogen-bond donors (Lipinski definition) is 2. The van der Waals surface area contributed by atoms with Crippen LogP contribution in [-0.4, -0.2) is 12.1 Å². The Morgan fingerprint density at radius 3 is 1.37 bits per heavy atom. The summed E-state index contributed by atoms with van der Waals surface area (Å²) in [4.78, 5) is 26.8. The van der Waals surface area contributed by atoms with Crippen LogP contribution in [0.5, 0.6) is 0 Å². The van der Waals surface area contributed by atoms with E-state index < -0.39 is 12.1 Å². The SMILES string of the molecule is NC(=O)N(c1cccc(N(C(N)=O)c2ccc(Cl)cc2Cl)c1)c1ccc(Cl)cc1Cl. The van der Waals surface area contributed by atoms with Crippen LogP contribution in [0.25, 0.3) is 0 Å². The first-order valence-corrected chi connectivity index (χ1v) is 9.89. The summed E-state index contributed by atoms with van der Waals surface area (Å²) in [6, 6.07) is 14.1. The summed E-state index contributed by atoms with van der Waals surface area (Å²) in [5.41, 5.74) is 12.5. The van der Waals surface area contributed by atoms with Crippen LogP contribution in [0.1, 0.15) is 0 Å². The number of halogens is 4. The lowest BCUT2D eigenvalue weighted by Gasteiger charge is -2.26. The van der Waals surface area contributed by atoms with Crippen molar-refractivity contribution in [3.8, 4) is 0 Å². The first-order chi connectivity index (χ1) is 14.2. The molecule has 154 valence electrons. The molecule has 0 aliphatic rings. The molecule has 0 atom stereocenters. The molecule has 0 bridgehead atoms. The number of amides is 4. The molecule has 10 heteroatoms. The number of carbonyl (C=O) groups is 2. The fourth-order valence-electron chi connectivity index (χ4n) is 2.87. The van der Waals surface area contributed by atoms with Gasteiger partial charge in [0.25, 0.3) is 0 Å². The average Bonchev–Trinajstić information content (AvgIpc) is 2.66. The Labute approximate surface area is 192 Å². The molecule has 0 spiro atoms. The Balaban J connectivity index is 2.12. The van der Waals surface area contributed by atoms with Gasteiger partial charge >= 0.3 is 12.1 Å². The normalized spacial score (nSPS) is 10.5. The van der Waals surface area contributed by atoms with Gasteiger partial charge in [-0.05, 0) is 54.6 Å². The lowest BCUT2D eigenvalue weighted by molar-refractivity contribution is 0.255. The summed E-state index contributed by atoms with van der Waals surface area (Å²) < 4.78 is 0. The fraction of sp³-hybridized carbons (Fsp3) is 0. The topological polar surface area (TPSA) is 92.7 Å². The summed E-state index contributed by atoms with van der Waals surface area (Å²) in [6.45, 7) is 0. The zero-order chi connectivity index (χ0) is 22.0. The maximum Gasteiger partial charge on any atom is 0.323 e. The molecule has 0 fully saturated rings. The quantitative estimate of drug-likeness (QED) is 0.430. The predicted octanol–water partition coefficient (Wildman–Crippen LogP) is 6.73. The molecular formula is C20H14Cl4N4O2. The number of rotatable bonds is 4. The van der Waals surface area contributed by atoms with Crippen LogP contribution in [0.15, 0.2) is 60.7 Å². The van der Waals surface area contributed by atoms with E-state index in [0.717, 1.165) is 0 Å². The second-order valence-electron chi connectivity index (χ2n) is 6.06. The Kier molecular flexibility index (Phi) is 6.63. The van der Waals surface area contributed by atoms with Gasteiger partial charge in [0.2, 0.25) is 0 Å². The zero-order valence-electron chi connectivity index (χ0n) is 15.2. The molecule has 4 amide bonds. The van der Waals surface area contributed by atoms with Crippen LogP contribution in [0.2, 0.25) is 20.1 Å². The Hall–Kier alpha value is -2.64. The molecule has 0 aliphatic carbocycles. The van der Waals surface area contributed by atoms with Gasteiger partial charge in [-0.3, -0.25) is 9.80 Å². The van der Waals surface area contributed by atoms with Crippen molar-refractivity contribution in [3.05, 3.63) is 80.8 Å². The minimum absolute atomic E-state index is 0.221. The van der Waals surface area contributed by atoms with E-state index in [9.17, 15) is 9.59 Å². The van der Waals surface area contributed by atoms with Gasteiger partial charge in [-0.15, -0.1) is 0 Å². The molecule has 0 unspecified atom stereocenters. The van der Waals surface area contributed by atoms with Crippen molar-refractivity contribution in [2.75, 3.05) is 9.80 Å². The van der Waals surface area contributed by atoms with Gasteiger partial charge in [-0.2, -0.15) is 0 Å². The number of hydrogen-bond acceptors (Lipinski definition) is 2. The second kappa shape index (κ2) is 9.02. The number of urea groups is 2. The average molecular weight is 484 g/mol. The third kappa shape index (κ3) is 4.57. The number of primary amides is 2. The van der Waals surface area contributed by atoms with Gasteiger partial charge in [-0.1, -0.05) is 52.5 Å². The van der Waals surface area contributed by atoms with E-state index in [-0.39, 0.29) is 10.0 Å². The van der Waals surface area contributed by atoms with E-state index in [2.05, 4.69) is 0 Å². The van der Waals surface area contributed by atoms with Crippen molar-refractivity contribution in [2.24, 2.45) is 11.5 Å². The molecular weight excluding hydrogens is 470 g/mol. The maximum absolute atomic E-state index is 12.2. The van der Waals surface area contributed by atoms with Crippen LogP contribution in [0.4, 0.5) is 32.3 Å². The lowest BCUT2D eigenvalue weighted by Crippen LogP contribution is -2.33. The van der Waals surface area contributed by atoms with E-state index >= 15 is 0 Å². The first kappa shape index (κ1) is 22.1. The van der Waals surface area contributed by atoms with Crippen LogP contribution in [0, 0.1) is 0 Å². The van der Waals surface area contributed by atoms with Gasteiger partial charge in [0.1, 0.15) is 0 Å². The predicted molar refractivity (Wildman–Crippen MR) is 123 cm³/mol. The number of nitrogens with two attached hydrogens (primary N) is 2. The highest BCUT2D eigenvalue weighted by Gasteiger charge is 2.22. The zero-order valence-corrected chi connectivity index (χ0v) is 18.2. The summed E-state index contributed by atoms with van der Waals surface area (Å²) in [5.74, 6) is 0. The minimum atomic E-state index is -0.786. The van der Waals surface area contributed by atoms with Crippen molar-refractivity contribution in [1.82, 2.24) is 0 Å². The van der Waals surface area contributed by atoms with Gasteiger partial charge in [0.15, 0.2) is 0 Å². The van der Waals surface area contributed by atoms with Crippen molar-refractivity contribution in [2.45, 2.75) is 0 Å². The van der Waals surface area contributed by atoms with E-state index in [1.165, 1.54) is 21.9 Å². The third-order valence-corrected chi connectivity index (χ3v) is 5.16. The number of nitrogens with zero attached hydrogens (tertiary/aromatic N) is 2. The molecule has 3 aromatic carbocycles. The number of benzene rings is 3. The monoisotopic (exact) mass is 482 g/mol. The second-order valence-corrected chi connectivity index (χ2v) is 7.75. The van der Waals surface area contributed by atoms with Crippen molar-refractivity contribution in [1.29, 1.82) is 0 Å². The highest BCUT2D eigenvalue weighted by molar-refractivity contribution is 6.37. The summed E-state index contributed by atoms with van der Waals surface area (Å²) in [5, 5.41) is 1.25. The van der Waals surface area contributed by atoms with Crippen LogP contribution in [0.3, 0.4) is 0 Å². The molecule has 6 nitrogen and oxygen atoms in total. The largest absolute Gasteiger partial charge is 0.351 e. The van der Waals surface area contributed by atoms with E-state index in [4.69, 9.17) is 57.9 Å². The van der Waals surface area contributed by atoms with Gasteiger partial charge in [0.05, 0.1) is 32.8 Å². The fourth-order valence-corrected chi connectivity index (χ4v) is 3.85. The standard InChI is InChI=1S/C20H14Cl4N4O2/c21-11-4-6-17(15(23)8-11)27(19(25)29)13-2-1-3-14(10-13)28(20(26)30)18-7-5-12(22)9-16(18)24/h1-10H,(H2,25,29)(H2,26,30). The van der Waals surface area contributed by atoms with Crippen molar-refractivity contribution >= 4 is 81.2 Å². The molecule has 0 radical (unpaired) electrons. The van der Waals surface area contributed by atoms with Gasteiger partial charge in [-0.25, -0.2) is 9.59 Å². The van der Waals surface area contributed by atoms with Gasteiger partial charge < -0.3 is 11.5 Å². The molecule has 3 rings (SSSR count). The molecule has 4 N–H and O–H groups in total. The van der Waals surface area contributed by atoms with E-state index in [1.807, 2.05) is 0 Å². The number of carbonyl (C=O) groups excluding carboxylic acids is 2. The molecule has 0 aliphatic heterocycles. The number of anilines is 4. The van der Waals surface area contributed by atoms with E-state index in [0.29, 0.717) is 32.8 Å². The highest BCUT2D eigenvalue weighted by atomic mass is 35.5. The Bertz CT molecular complexity index is 1050. The van der Waals surface area contributed by atoms with Crippen LogP contribution >= 0.6 is 46.4 Å². The molecule has 30 heavy (non-hydrogen) atoms. The molecule has 0 saturated carbocycles. The molecule has 3 aromatic rings. The van der Waals surface area contributed by atoms with Crippen molar-refractivity contribution in [3.63, 3.8) is 0 Å². The highest BCUT2D eigenvalue weighted by Crippen LogP contribution is 2.38. The molecule has 0 heterocycles. The van der Waals surface area contributed by atoms with Crippen molar-refractivity contribution < 1.29 is 9.59 Å². The minimum Gasteiger partial charge on any atom is -0.351 e.